The Morgan fingerprint density at radius 1 is 1.06 bits per heavy atom. The molecule has 1 rings (SSSR count). The molecule has 34 heavy (non-hydrogen) atoms. The van der Waals surface area contributed by atoms with Gasteiger partial charge in [0.15, 0.2) is 6.79 Å². The van der Waals surface area contributed by atoms with Crippen LogP contribution >= 0.6 is 8.38 Å². The third-order valence-electron chi connectivity index (χ3n) is 4.65. The van der Waals surface area contributed by atoms with Crippen molar-refractivity contribution in [2.45, 2.75) is 67.0 Å². The second-order valence-corrected chi connectivity index (χ2v) is 11.3. The van der Waals surface area contributed by atoms with Crippen LogP contribution in [0.1, 0.15) is 60.9 Å². The highest BCUT2D eigenvalue weighted by Crippen LogP contribution is 2.42. The van der Waals surface area contributed by atoms with E-state index in [1.165, 1.54) is 23.9 Å². The van der Waals surface area contributed by atoms with Gasteiger partial charge in [-0.3, -0.25) is 33.3 Å². The molecular formula is C22H35N2O9P. The van der Waals surface area contributed by atoms with E-state index in [0.717, 1.165) is 0 Å². The Morgan fingerprint density at radius 2 is 1.68 bits per heavy atom. The summed E-state index contributed by atoms with van der Waals surface area (Å²) in [6, 6.07) is 0.864. The molecule has 0 fully saturated rings. The van der Waals surface area contributed by atoms with Crippen molar-refractivity contribution < 1.29 is 32.9 Å². The summed E-state index contributed by atoms with van der Waals surface area (Å²) in [6.07, 6.45) is 1.10. The van der Waals surface area contributed by atoms with Crippen molar-refractivity contribution in [3.8, 4) is 0 Å². The first-order valence-electron chi connectivity index (χ1n) is 10.7. The quantitative estimate of drug-likeness (QED) is 0.197. The molecule has 0 saturated carbocycles. The molecule has 0 aliphatic carbocycles. The number of esters is 1. The molecule has 0 saturated heterocycles. The molecule has 0 bridgehead atoms. The van der Waals surface area contributed by atoms with E-state index in [0.29, 0.717) is 6.42 Å². The summed E-state index contributed by atoms with van der Waals surface area (Å²) in [4.78, 5) is 62.7. The number of ketones is 1. The number of nitrogens with one attached hydrogen (secondary N) is 1. The molecule has 192 valence electrons. The monoisotopic (exact) mass is 502 g/mol. The smallest absolute Gasteiger partial charge is 0.328 e. The Labute approximate surface area is 200 Å². The summed E-state index contributed by atoms with van der Waals surface area (Å²) in [5.74, 6) is -1.21. The van der Waals surface area contributed by atoms with Crippen LogP contribution in [0.25, 0.3) is 0 Å². The van der Waals surface area contributed by atoms with E-state index in [-0.39, 0.29) is 12.6 Å². The van der Waals surface area contributed by atoms with Crippen LogP contribution < -0.4 is 11.2 Å². The van der Waals surface area contributed by atoms with Gasteiger partial charge in [-0.1, -0.05) is 20.8 Å². The maximum atomic E-state index is 12.8. The molecule has 0 aliphatic rings. The Hall–Kier alpha value is -2.20. The van der Waals surface area contributed by atoms with Gasteiger partial charge in [-0.25, -0.2) is 4.79 Å². The lowest BCUT2D eigenvalue weighted by Crippen LogP contribution is -2.33. The Kier molecular flexibility index (Phi) is 11.0. The zero-order valence-corrected chi connectivity index (χ0v) is 21.9. The number of hydrogen-bond donors (Lipinski definition) is 1. The molecule has 3 unspecified atom stereocenters. The van der Waals surface area contributed by atoms with Gasteiger partial charge in [-0.2, -0.15) is 0 Å². The lowest BCUT2D eigenvalue weighted by molar-refractivity contribution is -0.160. The zero-order valence-electron chi connectivity index (χ0n) is 21.0. The largest absolute Gasteiger partial charge is 0.438 e. The molecule has 0 radical (unpaired) electrons. The van der Waals surface area contributed by atoms with Crippen LogP contribution in [0.4, 0.5) is 0 Å². The number of hydrogen-bond acceptors (Lipinski definition) is 9. The van der Waals surface area contributed by atoms with E-state index in [1.54, 1.807) is 48.5 Å². The summed E-state index contributed by atoms with van der Waals surface area (Å²) in [5, 5.41) is 0. The van der Waals surface area contributed by atoms with Crippen LogP contribution in [-0.4, -0.2) is 53.4 Å². The molecule has 0 aliphatic heterocycles. The molecule has 1 heterocycles. The number of carbonyl (C=O) groups excluding carboxylic acids is 3. The normalized spacial score (nSPS) is 14.8. The number of H-pyrrole nitrogens is 1. The molecule has 1 aromatic rings. The van der Waals surface area contributed by atoms with Gasteiger partial charge < -0.3 is 14.0 Å². The van der Waals surface area contributed by atoms with E-state index in [1.807, 2.05) is 0 Å². The number of aromatic nitrogens is 2. The van der Waals surface area contributed by atoms with Crippen molar-refractivity contribution >= 4 is 25.7 Å². The number of methoxy groups -OCH3 is 1. The first-order chi connectivity index (χ1) is 15.6. The van der Waals surface area contributed by atoms with Crippen LogP contribution in [0.2, 0.25) is 0 Å². The second kappa shape index (κ2) is 12.5. The fourth-order valence-corrected chi connectivity index (χ4v) is 3.81. The third kappa shape index (κ3) is 9.21. The van der Waals surface area contributed by atoms with Crippen LogP contribution in [-0.2, 0) is 32.9 Å². The van der Waals surface area contributed by atoms with Crippen molar-refractivity contribution in [1.82, 2.24) is 9.55 Å². The van der Waals surface area contributed by atoms with Crippen molar-refractivity contribution in [2.24, 2.45) is 10.8 Å². The van der Waals surface area contributed by atoms with Gasteiger partial charge in [-0.15, -0.1) is 0 Å². The van der Waals surface area contributed by atoms with Crippen LogP contribution in [0.5, 0.6) is 0 Å². The number of ether oxygens (including phenoxy) is 2. The van der Waals surface area contributed by atoms with Gasteiger partial charge in [-0.05, 0) is 34.1 Å². The topological polar surface area (TPSA) is 143 Å². The van der Waals surface area contributed by atoms with Crippen molar-refractivity contribution in [3.05, 3.63) is 33.1 Å². The highest BCUT2D eigenvalue weighted by Gasteiger charge is 2.37. The summed E-state index contributed by atoms with van der Waals surface area (Å²) >= 11 is 0. The lowest BCUT2D eigenvalue weighted by atomic mass is 9.92. The fourth-order valence-electron chi connectivity index (χ4n) is 2.55. The molecule has 0 aromatic carbocycles. The maximum Gasteiger partial charge on any atom is 0.328 e. The minimum atomic E-state index is -2.38. The minimum Gasteiger partial charge on any atom is -0.438 e. The Balaban J connectivity index is 2.89. The van der Waals surface area contributed by atoms with E-state index in [2.05, 4.69) is 4.98 Å². The molecular weight excluding hydrogens is 467 g/mol. The second-order valence-electron chi connectivity index (χ2n) is 9.83. The van der Waals surface area contributed by atoms with Crippen LogP contribution in [0.15, 0.2) is 21.9 Å². The molecule has 11 nitrogen and oxygen atoms in total. The van der Waals surface area contributed by atoms with Gasteiger partial charge in [0.05, 0.1) is 18.1 Å². The van der Waals surface area contributed by atoms with Gasteiger partial charge in [0.1, 0.15) is 0 Å². The fraction of sp³-hybridized carbons (Fsp3) is 0.682. The van der Waals surface area contributed by atoms with Crippen molar-refractivity contribution in [1.29, 1.82) is 0 Å². The predicted molar refractivity (Wildman–Crippen MR) is 125 cm³/mol. The number of rotatable bonds is 12. The molecule has 1 N–H and O–H groups in total. The van der Waals surface area contributed by atoms with E-state index in [4.69, 9.17) is 18.5 Å². The van der Waals surface area contributed by atoms with E-state index in [9.17, 15) is 24.0 Å². The van der Waals surface area contributed by atoms with Gasteiger partial charge in [0, 0.05) is 30.8 Å². The molecule has 12 heteroatoms. The van der Waals surface area contributed by atoms with Crippen LogP contribution in [0.3, 0.4) is 0 Å². The summed E-state index contributed by atoms with van der Waals surface area (Å²) in [7, 11) is -0.945. The molecule has 1 aromatic heterocycles. The number of aromatic amines is 1. The van der Waals surface area contributed by atoms with Crippen molar-refractivity contribution in [3.63, 3.8) is 0 Å². The minimum absolute atomic E-state index is 0.124. The van der Waals surface area contributed by atoms with Crippen LogP contribution in [0, 0.1) is 10.8 Å². The highest BCUT2D eigenvalue weighted by molar-refractivity contribution is 7.69. The standard InChI is InChI=1S/C22H35N2O9P/c1-14(24-10-9-16(25)23-20(24)29)11-15(30-8)12-32-34(18(27)17(26)21(2,3)4)33-13-31-19(28)22(5,6)7/h9-10,14-15H,11-13H2,1-8H3,(H,23,25,29). The molecule has 3 atom stereocenters. The highest BCUT2D eigenvalue weighted by atomic mass is 31.2. The summed E-state index contributed by atoms with van der Waals surface area (Å²) in [5.41, 5.74) is -3.64. The number of nitrogens with zero attached hydrogens (tertiary/aromatic N) is 1. The summed E-state index contributed by atoms with van der Waals surface area (Å²) < 4.78 is 22.8. The SMILES string of the molecule is COC(COP(OCOC(=O)C(C)(C)C)C(=O)C(=O)C(C)(C)C)CC(C)n1ccc(=O)[nH]c1=O. The maximum absolute atomic E-state index is 12.8. The molecule has 0 spiro atoms. The first-order valence-corrected chi connectivity index (χ1v) is 11.9. The zero-order chi connectivity index (χ0) is 26.3. The van der Waals surface area contributed by atoms with Crippen molar-refractivity contribution in [2.75, 3.05) is 20.5 Å². The van der Waals surface area contributed by atoms with E-state index >= 15 is 0 Å². The lowest BCUT2D eigenvalue weighted by Gasteiger charge is -2.24. The number of Topliss-reactive ketones (excluding diaryl/α,β-unsaturated/α-hetero) is 1. The van der Waals surface area contributed by atoms with Gasteiger partial charge in [0.25, 0.3) is 19.5 Å². The third-order valence-corrected chi connectivity index (χ3v) is 5.91. The Morgan fingerprint density at radius 3 is 2.18 bits per heavy atom. The average Bonchev–Trinajstić information content (AvgIpc) is 2.72. The molecule has 0 amide bonds. The Bertz CT molecular complexity index is 972. The van der Waals surface area contributed by atoms with Gasteiger partial charge >= 0.3 is 11.7 Å². The van der Waals surface area contributed by atoms with E-state index < -0.39 is 60.6 Å². The number of carbonyl (C=O) groups is 3. The first kappa shape index (κ1) is 29.8. The summed E-state index contributed by atoms with van der Waals surface area (Å²) in [6.45, 7) is 10.9. The average molecular weight is 503 g/mol. The van der Waals surface area contributed by atoms with Gasteiger partial charge in [0.2, 0.25) is 5.78 Å². The predicted octanol–water partition coefficient (Wildman–Crippen LogP) is 2.54.